The van der Waals surface area contributed by atoms with Crippen molar-refractivity contribution in [2.45, 2.75) is 19.6 Å². The average molecular weight is 413 g/mol. The Balaban J connectivity index is 2.10. The van der Waals surface area contributed by atoms with E-state index in [-0.39, 0.29) is 25.1 Å². The van der Waals surface area contributed by atoms with Gasteiger partial charge in [0.05, 0.1) is 32.3 Å². The fraction of sp³-hybridized carbons (Fsp3) is 0.0500. The van der Waals surface area contributed by atoms with Crippen LogP contribution in [0.1, 0.15) is 5.56 Å². The zero-order valence-corrected chi connectivity index (χ0v) is 16.4. The quantitative estimate of drug-likeness (QED) is 0.636. The molecule has 8 heteroatoms. The summed E-state index contributed by atoms with van der Waals surface area (Å²) in [4.78, 5) is -0.371. The van der Waals surface area contributed by atoms with Crippen LogP contribution in [0.5, 0.6) is 5.75 Å². The van der Waals surface area contributed by atoms with E-state index >= 15 is 0 Å². The average Bonchev–Trinajstić information content (AvgIpc) is 2.73. The maximum atomic E-state index is 12.8. The molecule has 0 spiro atoms. The highest BCUT2D eigenvalue weighted by molar-refractivity contribution is 7.92. The number of sulfone groups is 2. The van der Waals surface area contributed by atoms with Crippen molar-refractivity contribution in [2.75, 3.05) is 7.11 Å². The molecule has 0 bridgehead atoms. The van der Waals surface area contributed by atoms with Crippen LogP contribution in [0.2, 0.25) is 0 Å². The second-order valence-electron chi connectivity index (χ2n) is 5.77. The maximum Gasteiger partial charge on any atom is 0.207 e. The molecule has 0 aliphatic heterocycles. The molecule has 0 atom stereocenters. The summed E-state index contributed by atoms with van der Waals surface area (Å²) in [5, 5.41) is 9.43. The minimum atomic E-state index is -3.95. The molecule has 6 nitrogen and oxygen atoms in total. The highest BCUT2D eigenvalue weighted by atomic mass is 32.2. The summed E-state index contributed by atoms with van der Waals surface area (Å²) in [5.74, 6) is 0.501. The minimum Gasteiger partial charge on any atom is -0.497 e. The number of methoxy groups -OCH3 is 1. The smallest absolute Gasteiger partial charge is 0.207 e. The summed E-state index contributed by atoms with van der Waals surface area (Å²) in [6, 6.07) is 18.6. The van der Waals surface area contributed by atoms with Gasteiger partial charge in [-0.3, -0.25) is 0 Å². The van der Waals surface area contributed by atoms with Crippen LogP contribution in [0.3, 0.4) is 0 Å². The van der Waals surface area contributed by atoms with Crippen molar-refractivity contribution < 1.29 is 21.6 Å². The topological polar surface area (TPSA) is 101 Å². The molecule has 3 aromatic carbocycles. The van der Waals surface area contributed by atoms with E-state index in [1.165, 1.54) is 49.6 Å². The predicted molar refractivity (Wildman–Crippen MR) is 101 cm³/mol. The summed E-state index contributed by atoms with van der Waals surface area (Å²) < 4.78 is 56.3. The Morgan fingerprint density at radius 3 is 1.89 bits per heavy atom. The van der Waals surface area contributed by atoms with E-state index in [4.69, 9.17) is 4.74 Å². The fourth-order valence-electron chi connectivity index (χ4n) is 2.62. The summed E-state index contributed by atoms with van der Waals surface area (Å²) in [6.45, 7) is 0. The van der Waals surface area contributed by atoms with Crippen LogP contribution in [0.25, 0.3) is 0 Å². The lowest BCUT2D eigenvalue weighted by Gasteiger charge is -2.10. The number of nitrogens with zero attached hydrogens (tertiary/aromatic N) is 1. The first-order valence-electron chi connectivity index (χ1n) is 8.04. The van der Waals surface area contributed by atoms with Crippen LogP contribution >= 0.6 is 0 Å². The van der Waals surface area contributed by atoms with Gasteiger partial charge in [-0.2, -0.15) is 5.26 Å². The van der Waals surface area contributed by atoms with Crippen LogP contribution in [0.4, 0.5) is 0 Å². The molecule has 0 saturated carbocycles. The molecule has 142 valence electrons. The first-order chi connectivity index (χ1) is 13.3. The highest BCUT2D eigenvalue weighted by Crippen LogP contribution is 2.29. The second-order valence-corrected chi connectivity index (χ2v) is 9.63. The largest absolute Gasteiger partial charge is 0.497 e. The molecule has 3 aromatic rings. The first kappa shape index (κ1) is 19.6. The molecule has 0 aliphatic carbocycles. The standard InChI is InChI=1S/C20H15NO5S2/c1-26-16-7-9-18(10-8-16)27(22,23)19-11-12-20(15(13-19)14-21)28(24,25)17-5-3-2-4-6-17/h2-13H,1H3. The summed E-state index contributed by atoms with van der Waals surface area (Å²) in [7, 11) is -6.41. The number of ether oxygens (including phenoxy) is 1. The third-order valence-corrected chi connectivity index (χ3v) is 7.69. The van der Waals surface area contributed by atoms with Crippen molar-refractivity contribution in [3.05, 3.63) is 78.4 Å². The van der Waals surface area contributed by atoms with Crippen molar-refractivity contribution in [3.63, 3.8) is 0 Å². The zero-order chi connectivity index (χ0) is 20.4. The molecule has 0 N–H and O–H groups in total. The molecule has 0 radical (unpaired) electrons. The summed E-state index contributed by atoms with van der Waals surface area (Å²) >= 11 is 0. The SMILES string of the molecule is COc1ccc(S(=O)(=O)c2ccc(S(=O)(=O)c3ccccc3)c(C#N)c2)cc1. The van der Waals surface area contributed by atoms with Gasteiger partial charge in [-0.1, -0.05) is 18.2 Å². The Bertz CT molecular complexity index is 1260. The van der Waals surface area contributed by atoms with Crippen LogP contribution in [-0.2, 0) is 19.7 Å². The first-order valence-corrected chi connectivity index (χ1v) is 11.0. The summed E-state index contributed by atoms with van der Waals surface area (Å²) in [6.07, 6.45) is 0. The van der Waals surface area contributed by atoms with Crippen LogP contribution < -0.4 is 4.74 Å². The molecule has 3 rings (SSSR count). The zero-order valence-electron chi connectivity index (χ0n) is 14.7. The van der Waals surface area contributed by atoms with Gasteiger partial charge in [-0.05, 0) is 54.6 Å². The van der Waals surface area contributed by atoms with Crippen molar-refractivity contribution in [1.82, 2.24) is 0 Å². The van der Waals surface area contributed by atoms with E-state index in [0.717, 1.165) is 12.1 Å². The molecule has 28 heavy (non-hydrogen) atoms. The Morgan fingerprint density at radius 1 is 0.750 bits per heavy atom. The van der Waals surface area contributed by atoms with E-state index in [0.29, 0.717) is 5.75 Å². The molecule has 0 saturated heterocycles. The molecule has 0 fully saturated rings. The predicted octanol–water partition coefficient (Wildman–Crippen LogP) is 3.23. The van der Waals surface area contributed by atoms with Gasteiger partial charge in [-0.25, -0.2) is 16.8 Å². The number of hydrogen-bond donors (Lipinski definition) is 0. The molecule has 0 amide bonds. The van der Waals surface area contributed by atoms with Crippen molar-refractivity contribution >= 4 is 19.7 Å². The molecule has 0 unspecified atom stereocenters. The van der Waals surface area contributed by atoms with Crippen molar-refractivity contribution in [1.29, 1.82) is 5.26 Å². The van der Waals surface area contributed by atoms with E-state index < -0.39 is 19.7 Å². The number of benzene rings is 3. The Morgan fingerprint density at radius 2 is 1.32 bits per heavy atom. The lowest BCUT2D eigenvalue weighted by molar-refractivity contribution is 0.414. The normalized spacial score (nSPS) is 11.6. The lowest BCUT2D eigenvalue weighted by atomic mass is 10.2. The number of rotatable bonds is 5. The maximum absolute atomic E-state index is 12.8. The van der Waals surface area contributed by atoms with Gasteiger partial charge in [0.2, 0.25) is 19.7 Å². The lowest BCUT2D eigenvalue weighted by Crippen LogP contribution is -2.07. The molecule has 0 aliphatic rings. The van der Waals surface area contributed by atoms with Crippen LogP contribution in [0.15, 0.2) is 92.4 Å². The Labute approximate surface area is 163 Å². The molecular weight excluding hydrogens is 398 g/mol. The van der Waals surface area contributed by atoms with Gasteiger partial charge >= 0.3 is 0 Å². The number of nitriles is 1. The second kappa shape index (κ2) is 7.46. The van der Waals surface area contributed by atoms with Crippen LogP contribution in [0, 0.1) is 11.3 Å². The third kappa shape index (κ3) is 3.50. The highest BCUT2D eigenvalue weighted by Gasteiger charge is 2.25. The Hall–Kier alpha value is -3.15. The van der Waals surface area contributed by atoms with Crippen molar-refractivity contribution in [3.8, 4) is 11.8 Å². The van der Waals surface area contributed by atoms with Gasteiger partial charge in [0.15, 0.2) is 0 Å². The molecule has 0 aromatic heterocycles. The minimum absolute atomic E-state index is 0.0101. The van der Waals surface area contributed by atoms with Gasteiger partial charge in [0.25, 0.3) is 0 Å². The van der Waals surface area contributed by atoms with Gasteiger partial charge in [-0.15, -0.1) is 0 Å². The van der Waals surface area contributed by atoms with Crippen LogP contribution in [-0.4, -0.2) is 23.9 Å². The molecule has 0 heterocycles. The van der Waals surface area contributed by atoms with E-state index in [1.54, 1.807) is 24.3 Å². The third-order valence-electron chi connectivity index (χ3n) is 4.09. The van der Waals surface area contributed by atoms with Gasteiger partial charge in [0.1, 0.15) is 11.8 Å². The Kier molecular flexibility index (Phi) is 5.23. The van der Waals surface area contributed by atoms with E-state index in [1.807, 2.05) is 0 Å². The monoisotopic (exact) mass is 413 g/mol. The van der Waals surface area contributed by atoms with Gasteiger partial charge in [0, 0.05) is 0 Å². The summed E-state index contributed by atoms with van der Waals surface area (Å²) in [5.41, 5.74) is -0.238. The fourth-order valence-corrected chi connectivity index (χ4v) is 5.31. The van der Waals surface area contributed by atoms with E-state index in [9.17, 15) is 22.1 Å². The van der Waals surface area contributed by atoms with E-state index in [2.05, 4.69) is 0 Å². The number of hydrogen-bond acceptors (Lipinski definition) is 6. The molecular formula is C20H15NO5S2. The van der Waals surface area contributed by atoms with Gasteiger partial charge < -0.3 is 4.74 Å². The van der Waals surface area contributed by atoms with Crippen molar-refractivity contribution in [2.24, 2.45) is 0 Å².